The molecule has 1 saturated carbocycles. The van der Waals surface area contributed by atoms with E-state index in [0.717, 1.165) is 32.4 Å². The average molecular weight is 444 g/mol. The molecule has 0 spiro atoms. The van der Waals surface area contributed by atoms with E-state index in [9.17, 15) is 4.79 Å². The summed E-state index contributed by atoms with van der Waals surface area (Å²) < 4.78 is 6.01. The molecule has 0 aromatic heterocycles. The van der Waals surface area contributed by atoms with Gasteiger partial charge in [-0.05, 0) is 41.7 Å². The van der Waals surface area contributed by atoms with Crippen molar-refractivity contribution in [1.29, 1.82) is 0 Å². The van der Waals surface area contributed by atoms with Crippen LogP contribution in [0, 0.1) is 0 Å². The van der Waals surface area contributed by atoms with E-state index in [2.05, 4.69) is 89.8 Å². The summed E-state index contributed by atoms with van der Waals surface area (Å²) in [5.41, 5.74) is 5.07. The Hall–Kier alpha value is -3.11. The first-order valence-corrected chi connectivity index (χ1v) is 12.0. The van der Waals surface area contributed by atoms with E-state index in [1.165, 1.54) is 28.8 Å². The van der Waals surface area contributed by atoms with Gasteiger partial charge in [-0.15, -0.1) is 0 Å². The van der Waals surface area contributed by atoms with Gasteiger partial charge >= 0.3 is 5.97 Å². The molecule has 1 aliphatic rings. The maximum absolute atomic E-state index is 10.9. The van der Waals surface area contributed by atoms with Crippen molar-refractivity contribution in [3.63, 3.8) is 0 Å². The fraction of sp³-hybridized carbons (Fsp3) is 0.345. The Balaban J connectivity index is 1.50. The lowest BCUT2D eigenvalue weighted by Crippen LogP contribution is -2.27. The second-order valence-electron chi connectivity index (χ2n) is 8.86. The largest absolute Gasteiger partial charge is 0.481 e. The lowest BCUT2D eigenvalue weighted by molar-refractivity contribution is -0.139. The van der Waals surface area contributed by atoms with Crippen LogP contribution < -0.4 is 4.90 Å². The highest BCUT2D eigenvalue weighted by Crippen LogP contribution is 2.36. The van der Waals surface area contributed by atoms with Crippen LogP contribution in [0.25, 0.3) is 0 Å². The van der Waals surface area contributed by atoms with Crippen LogP contribution in [0.3, 0.4) is 0 Å². The van der Waals surface area contributed by atoms with Gasteiger partial charge in [0.25, 0.3) is 0 Å². The zero-order valence-electron chi connectivity index (χ0n) is 19.1. The maximum atomic E-state index is 10.9. The molecule has 3 aromatic carbocycles. The zero-order chi connectivity index (χ0) is 22.9. The number of carbonyl (C=O) groups is 1. The second kappa shape index (κ2) is 11.7. The van der Waals surface area contributed by atoms with Crippen molar-refractivity contribution in [1.82, 2.24) is 0 Å². The third-order valence-electron chi connectivity index (χ3n) is 6.47. The fourth-order valence-electron chi connectivity index (χ4n) is 4.75. The Labute approximate surface area is 196 Å². The molecule has 1 N–H and O–H groups in total. The molecule has 0 amide bonds. The Kier molecular flexibility index (Phi) is 8.15. The summed E-state index contributed by atoms with van der Waals surface area (Å²) in [6, 6.07) is 30.1. The molecule has 1 fully saturated rings. The van der Waals surface area contributed by atoms with Gasteiger partial charge in [0.1, 0.15) is 0 Å². The van der Waals surface area contributed by atoms with Gasteiger partial charge in [0, 0.05) is 24.7 Å². The first kappa shape index (κ1) is 23.1. The van der Waals surface area contributed by atoms with Crippen LogP contribution in [-0.2, 0) is 22.6 Å². The molecule has 0 aliphatic heterocycles. The molecule has 4 rings (SSSR count). The first-order chi connectivity index (χ1) is 16.2. The molecule has 33 heavy (non-hydrogen) atoms. The number of ether oxygens (including phenoxy) is 1. The molecule has 0 bridgehead atoms. The van der Waals surface area contributed by atoms with Crippen molar-refractivity contribution in [3.05, 3.63) is 102 Å². The van der Waals surface area contributed by atoms with Crippen molar-refractivity contribution in [3.8, 4) is 0 Å². The van der Waals surface area contributed by atoms with Gasteiger partial charge < -0.3 is 14.7 Å². The summed E-state index contributed by atoms with van der Waals surface area (Å²) in [6.07, 6.45) is 4.60. The average Bonchev–Trinajstić information content (AvgIpc) is 2.85. The highest BCUT2D eigenvalue weighted by Gasteiger charge is 2.27. The molecule has 4 heteroatoms. The molecule has 2 atom stereocenters. The van der Waals surface area contributed by atoms with Crippen LogP contribution in [0.1, 0.15) is 54.7 Å². The van der Waals surface area contributed by atoms with Gasteiger partial charge in [0.15, 0.2) is 0 Å². The minimum absolute atomic E-state index is 0.0656. The number of hydrogen-bond acceptors (Lipinski definition) is 3. The van der Waals surface area contributed by atoms with E-state index in [1.54, 1.807) is 0 Å². The van der Waals surface area contributed by atoms with E-state index in [-0.39, 0.29) is 19.1 Å². The molecular weight excluding hydrogens is 410 g/mol. The van der Waals surface area contributed by atoms with Crippen LogP contribution in [0.2, 0.25) is 0 Å². The second-order valence-corrected chi connectivity index (χ2v) is 8.86. The summed E-state index contributed by atoms with van der Waals surface area (Å²) in [5, 5.41) is 8.94. The van der Waals surface area contributed by atoms with Gasteiger partial charge in [-0.3, -0.25) is 4.79 Å². The van der Waals surface area contributed by atoms with Crippen molar-refractivity contribution in [2.75, 3.05) is 11.5 Å². The third-order valence-corrected chi connectivity index (χ3v) is 6.47. The van der Waals surface area contributed by atoms with E-state index in [4.69, 9.17) is 9.84 Å². The monoisotopic (exact) mass is 443 g/mol. The smallest absolute Gasteiger partial charge is 0.305 e. The van der Waals surface area contributed by atoms with Gasteiger partial charge in [-0.1, -0.05) is 85.6 Å². The lowest BCUT2D eigenvalue weighted by Gasteiger charge is -2.32. The minimum Gasteiger partial charge on any atom is -0.481 e. The molecule has 2 unspecified atom stereocenters. The van der Waals surface area contributed by atoms with E-state index >= 15 is 0 Å². The summed E-state index contributed by atoms with van der Waals surface area (Å²) >= 11 is 0. The van der Waals surface area contributed by atoms with Crippen LogP contribution in [0.4, 0.5) is 5.69 Å². The molecule has 0 saturated heterocycles. The van der Waals surface area contributed by atoms with Crippen molar-refractivity contribution in [2.24, 2.45) is 0 Å². The number of carboxylic acids is 1. The number of nitrogens with zero attached hydrogens (tertiary/aromatic N) is 1. The number of rotatable bonds is 10. The van der Waals surface area contributed by atoms with Crippen LogP contribution in [-0.4, -0.2) is 23.8 Å². The number of anilines is 1. The Morgan fingerprint density at radius 1 is 0.818 bits per heavy atom. The molecule has 172 valence electrons. The van der Waals surface area contributed by atoms with Gasteiger partial charge in [-0.2, -0.15) is 0 Å². The van der Waals surface area contributed by atoms with Crippen molar-refractivity contribution >= 4 is 11.7 Å². The maximum Gasteiger partial charge on any atom is 0.305 e. The summed E-state index contributed by atoms with van der Waals surface area (Å²) in [4.78, 5) is 13.3. The fourth-order valence-corrected chi connectivity index (χ4v) is 4.75. The molecule has 1 aliphatic carbocycles. The third kappa shape index (κ3) is 6.69. The summed E-state index contributed by atoms with van der Waals surface area (Å²) in [6.45, 7) is 1.98. The van der Waals surface area contributed by atoms with Crippen LogP contribution in [0.15, 0.2) is 84.9 Å². The summed E-state index contributed by atoms with van der Waals surface area (Å²) in [5.74, 6) is -0.470. The lowest BCUT2D eigenvalue weighted by atomic mass is 9.81. The summed E-state index contributed by atoms with van der Waals surface area (Å²) in [7, 11) is 0. The van der Waals surface area contributed by atoms with Crippen LogP contribution in [0.5, 0.6) is 0 Å². The first-order valence-electron chi connectivity index (χ1n) is 12.0. The molecule has 4 nitrogen and oxygen atoms in total. The van der Waals surface area contributed by atoms with E-state index in [0.29, 0.717) is 5.92 Å². The minimum atomic E-state index is -0.802. The number of hydrogen-bond donors (Lipinski definition) is 1. The molecule has 0 radical (unpaired) electrons. The standard InChI is InChI=1S/C29H33NO3/c31-29(32)19-20-33-28-14-8-7-13-27(28)25-15-17-26(18-16-25)30(21-23-9-3-1-4-10-23)22-24-11-5-2-6-12-24/h1-6,9-12,15-18,27-28H,7-8,13-14,19-22H2,(H,31,32). The van der Waals surface area contributed by atoms with Crippen LogP contribution >= 0.6 is 0 Å². The highest BCUT2D eigenvalue weighted by molar-refractivity contribution is 5.66. The van der Waals surface area contributed by atoms with E-state index in [1.807, 2.05) is 0 Å². The predicted molar refractivity (Wildman–Crippen MR) is 132 cm³/mol. The molecule has 0 heterocycles. The normalized spacial score (nSPS) is 18.1. The highest BCUT2D eigenvalue weighted by atomic mass is 16.5. The predicted octanol–water partition coefficient (Wildman–Crippen LogP) is 6.41. The Morgan fingerprint density at radius 3 is 1.97 bits per heavy atom. The topological polar surface area (TPSA) is 49.8 Å². The Morgan fingerprint density at radius 2 is 1.39 bits per heavy atom. The Bertz CT molecular complexity index is 947. The van der Waals surface area contributed by atoms with Crippen molar-refractivity contribution in [2.45, 2.75) is 57.2 Å². The van der Waals surface area contributed by atoms with Crippen molar-refractivity contribution < 1.29 is 14.6 Å². The van der Waals surface area contributed by atoms with Gasteiger partial charge in [0.05, 0.1) is 19.1 Å². The number of benzene rings is 3. The van der Waals surface area contributed by atoms with Gasteiger partial charge in [0.2, 0.25) is 0 Å². The molecule has 3 aromatic rings. The quantitative estimate of drug-likeness (QED) is 0.393. The zero-order valence-corrected chi connectivity index (χ0v) is 19.1. The number of carboxylic acid groups (broad SMARTS) is 1. The SMILES string of the molecule is O=C(O)CCOC1CCCCC1c1ccc(N(Cc2ccccc2)Cc2ccccc2)cc1. The number of aliphatic carboxylic acids is 1. The molecular formula is C29H33NO3. The van der Waals surface area contributed by atoms with Gasteiger partial charge in [-0.25, -0.2) is 0 Å². The van der Waals surface area contributed by atoms with E-state index < -0.39 is 5.97 Å².